The third-order valence-corrected chi connectivity index (χ3v) is 8.35. The van der Waals surface area contributed by atoms with Gasteiger partial charge in [0, 0.05) is 41.9 Å². The van der Waals surface area contributed by atoms with Crippen LogP contribution in [0.5, 0.6) is 0 Å². The van der Waals surface area contributed by atoms with Crippen molar-refractivity contribution in [3.8, 4) is 11.1 Å². The first-order chi connectivity index (χ1) is 16.9. The summed E-state index contributed by atoms with van der Waals surface area (Å²) in [5.41, 5.74) is 4.98. The van der Waals surface area contributed by atoms with E-state index < -0.39 is 0 Å². The average molecular weight is 450 g/mol. The van der Waals surface area contributed by atoms with Crippen LogP contribution in [0.4, 0.5) is 0 Å². The van der Waals surface area contributed by atoms with Crippen molar-refractivity contribution in [2.45, 2.75) is 0 Å². The number of rotatable bonds is 1. The summed E-state index contributed by atoms with van der Waals surface area (Å²) < 4.78 is 2.67. The van der Waals surface area contributed by atoms with Gasteiger partial charge in [-0.25, -0.2) is 0 Å². The molecule has 0 atom stereocenters. The van der Waals surface area contributed by atoms with E-state index in [-0.39, 0.29) is 0 Å². The van der Waals surface area contributed by atoms with Crippen LogP contribution in [-0.4, -0.2) is 4.98 Å². The predicted octanol–water partition coefficient (Wildman–Crippen LogP) is 9.66. The second-order valence-corrected chi connectivity index (χ2v) is 10.1. The Bertz CT molecular complexity index is 2070. The van der Waals surface area contributed by atoms with Gasteiger partial charge in [0.1, 0.15) is 0 Å². The fraction of sp³-hybridized carbons (Fsp3) is 0. The van der Waals surface area contributed by atoms with E-state index >= 15 is 0 Å². The van der Waals surface area contributed by atoms with Crippen LogP contribution in [-0.2, 0) is 0 Å². The Morgan fingerprint density at radius 2 is 0.971 bits per heavy atom. The van der Waals surface area contributed by atoms with Gasteiger partial charge in [-0.2, -0.15) is 0 Å². The number of para-hydroxylation sites is 1. The minimum absolute atomic E-state index is 1.21. The molecule has 6 aromatic carbocycles. The first-order valence-corrected chi connectivity index (χ1v) is 12.4. The fourth-order valence-corrected chi connectivity index (χ4v) is 6.93. The monoisotopic (exact) mass is 449 g/mol. The van der Waals surface area contributed by atoms with Crippen LogP contribution in [0, 0.1) is 0 Å². The summed E-state index contributed by atoms with van der Waals surface area (Å²) in [6, 6.07) is 39.8. The quantitative estimate of drug-likeness (QED) is 0.240. The van der Waals surface area contributed by atoms with Crippen LogP contribution >= 0.6 is 11.3 Å². The van der Waals surface area contributed by atoms with Crippen molar-refractivity contribution in [1.29, 1.82) is 0 Å². The number of hydrogen-bond acceptors (Lipinski definition) is 1. The van der Waals surface area contributed by atoms with Gasteiger partial charge in [0.05, 0.1) is 11.0 Å². The SMILES string of the molecule is c1ccc2c(c1)sc1cccc(-c3cccc4c3[nH]c3c5ccccc5c5ccccc5c43)c12. The summed E-state index contributed by atoms with van der Waals surface area (Å²) in [6.45, 7) is 0. The second-order valence-electron chi connectivity index (χ2n) is 8.97. The summed E-state index contributed by atoms with van der Waals surface area (Å²) in [4.78, 5) is 3.89. The standard InChI is InChI=1S/C32H19NS/c1-3-11-21-19(9-1)20-10-2-4-12-23(20)32-30(21)26-16-7-15-24(31(26)33-32)22-14-8-18-28-29(22)25-13-5-6-17-27(25)34-28/h1-18,33H. The zero-order valence-corrected chi connectivity index (χ0v) is 19.1. The first-order valence-electron chi connectivity index (χ1n) is 11.6. The van der Waals surface area contributed by atoms with Crippen molar-refractivity contribution < 1.29 is 0 Å². The number of aromatic nitrogens is 1. The summed E-state index contributed by atoms with van der Waals surface area (Å²) >= 11 is 1.87. The normalized spacial score (nSPS) is 12.1. The van der Waals surface area contributed by atoms with Crippen LogP contribution in [0.2, 0.25) is 0 Å². The third kappa shape index (κ3) is 2.33. The van der Waals surface area contributed by atoms with E-state index in [0.717, 1.165) is 0 Å². The van der Waals surface area contributed by atoms with Crippen molar-refractivity contribution in [1.82, 2.24) is 4.98 Å². The predicted molar refractivity (Wildman–Crippen MR) is 149 cm³/mol. The molecule has 1 nitrogen and oxygen atoms in total. The molecule has 0 radical (unpaired) electrons. The maximum absolute atomic E-state index is 3.89. The van der Waals surface area contributed by atoms with E-state index in [0.29, 0.717) is 0 Å². The lowest BCUT2D eigenvalue weighted by Crippen LogP contribution is -1.82. The molecule has 158 valence electrons. The zero-order valence-electron chi connectivity index (χ0n) is 18.3. The second kappa shape index (κ2) is 6.69. The molecular formula is C32H19NS. The third-order valence-electron chi connectivity index (χ3n) is 7.21. The Kier molecular flexibility index (Phi) is 3.60. The van der Waals surface area contributed by atoms with Crippen LogP contribution in [0.3, 0.4) is 0 Å². The Hall–Kier alpha value is -4.14. The average Bonchev–Trinajstić information content (AvgIpc) is 3.48. The minimum Gasteiger partial charge on any atom is -0.353 e. The highest BCUT2D eigenvalue weighted by molar-refractivity contribution is 7.25. The number of fused-ring (bicyclic) bond motifs is 11. The van der Waals surface area contributed by atoms with Gasteiger partial charge in [0.15, 0.2) is 0 Å². The van der Waals surface area contributed by atoms with Crippen molar-refractivity contribution in [2.24, 2.45) is 0 Å². The number of benzene rings is 6. The molecule has 34 heavy (non-hydrogen) atoms. The molecule has 1 N–H and O–H groups in total. The minimum atomic E-state index is 1.21. The zero-order chi connectivity index (χ0) is 22.2. The van der Waals surface area contributed by atoms with Crippen LogP contribution in [0.1, 0.15) is 0 Å². The summed E-state index contributed by atoms with van der Waals surface area (Å²) in [5, 5.41) is 10.5. The van der Waals surface area contributed by atoms with E-state index in [1.807, 2.05) is 11.3 Å². The molecule has 0 spiro atoms. The Morgan fingerprint density at radius 3 is 1.82 bits per heavy atom. The highest BCUT2D eigenvalue weighted by Crippen LogP contribution is 2.44. The van der Waals surface area contributed by atoms with E-state index in [1.165, 1.54) is 74.6 Å². The summed E-state index contributed by atoms with van der Waals surface area (Å²) in [6.07, 6.45) is 0. The largest absolute Gasteiger partial charge is 0.353 e. The van der Waals surface area contributed by atoms with Gasteiger partial charge < -0.3 is 4.98 Å². The van der Waals surface area contributed by atoms with E-state index in [9.17, 15) is 0 Å². The molecule has 0 fully saturated rings. The Morgan fingerprint density at radius 1 is 0.382 bits per heavy atom. The van der Waals surface area contributed by atoms with Gasteiger partial charge in [-0.15, -0.1) is 11.3 Å². The molecule has 0 unspecified atom stereocenters. The molecular weight excluding hydrogens is 430 g/mol. The molecule has 0 amide bonds. The molecule has 0 aliphatic rings. The lowest BCUT2D eigenvalue weighted by molar-refractivity contribution is 1.56. The highest BCUT2D eigenvalue weighted by Gasteiger charge is 2.17. The Balaban J connectivity index is 1.58. The van der Waals surface area contributed by atoms with Gasteiger partial charge in [-0.1, -0.05) is 97.1 Å². The van der Waals surface area contributed by atoms with E-state index in [4.69, 9.17) is 0 Å². The van der Waals surface area contributed by atoms with Gasteiger partial charge in [0.25, 0.3) is 0 Å². The molecule has 8 rings (SSSR count). The maximum atomic E-state index is 3.89. The number of thiophene rings is 1. The molecule has 0 bridgehead atoms. The molecule has 2 heterocycles. The van der Waals surface area contributed by atoms with Gasteiger partial charge in [-0.3, -0.25) is 0 Å². The van der Waals surface area contributed by atoms with Crippen LogP contribution < -0.4 is 0 Å². The lowest BCUT2D eigenvalue weighted by atomic mass is 9.95. The van der Waals surface area contributed by atoms with Crippen molar-refractivity contribution in [3.63, 3.8) is 0 Å². The van der Waals surface area contributed by atoms with Crippen molar-refractivity contribution in [3.05, 3.63) is 109 Å². The van der Waals surface area contributed by atoms with E-state index in [2.05, 4.69) is 114 Å². The smallest absolute Gasteiger partial charge is 0.0551 e. The summed E-state index contributed by atoms with van der Waals surface area (Å²) in [7, 11) is 0. The molecule has 0 saturated carbocycles. The van der Waals surface area contributed by atoms with Crippen LogP contribution in [0.15, 0.2) is 109 Å². The first kappa shape index (κ1) is 18.3. The number of hydrogen-bond donors (Lipinski definition) is 1. The van der Waals surface area contributed by atoms with Gasteiger partial charge in [-0.05, 0) is 33.9 Å². The fourth-order valence-electron chi connectivity index (χ4n) is 5.79. The Labute approximate surface area is 199 Å². The van der Waals surface area contributed by atoms with Crippen molar-refractivity contribution >= 4 is 74.9 Å². The molecule has 2 aromatic heterocycles. The maximum Gasteiger partial charge on any atom is 0.0551 e. The molecule has 0 saturated heterocycles. The van der Waals surface area contributed by atoms with Gasteiger partial charge in [0.2, 0.25) is 0 Å². The van der Waals surface area contributed by atoms with E-state index in [1.54, 1.807) is 0 Å². The number of aromatic amines is 1. The number of nitrogens with one attached hydrogen (secondary N) is 1. The lowest BCUT2D eigenvalue weighted by Gasteiger charge is -2.07. The number of H-pyrrole nitrogens is 1. The van der Waals surface area contributed by atoms with Crippen molar-refractivity contribution in [2.75, 3.05) is 0 Å². The molecule has 2 heteroatoms. The molecule has 8 aromatic rings. The van der Waals surface area contributed by atoms with Gasteiger partial charge >= 0.3 is 0 Å². The topological polar surface area (TPSA) is 15.8 Å². The highest BCUT2D eigenvalue weighted by atomic mass is 32.1. The molecule has 0 aliphatic heterocycles. The van der Waals surface area contributed by atoms with Crippen LogP contribution in [0.25, 0.3) is 74.6 Å². The summed E-state index contributed by atoms with van der Waals surface area (Å²) in [5.74, 6) is 0. The molecule has 0 aliphatic carbocycles.